The van der Waals surface area contributed by atoms with Crippen molar-refractivity contribution in [3.63, 3.8) is 0 Å². The maximum atomic E-state index is 5.89. The lowest BCUT2D eigenvalue weighted by molar-refractivity contribution is -0.697. The molecule has 0 fully saturated rings. The lowest BCUT2D eigenvalue weighted by Gasteiger charge is -2.02. The molecular weight excluding hydrogens is 314 g/mol. The number of nitrogen functional groups attached to an aromatic ring is 1. The fourth-order valence-corrected chi connectivity index (χ4v) is 3.02. The number of nitrogens with two attached hydrogens (primary N) is 1. The van der Waals surface area contributed by atoms with Crippen molar-refractivity contribution in [3.05, 3.63) is 78.5 Å². The SMILES string of the molecule is Nc1cn[n+](-c2ccccc2)c(SCc2ccccc2)c1.[Cl-]. The fourth-order valence-electron chi connectivity index (χ4n) is 2.02. The second kappa shape index (κ2) is 7.82. The molecule has 5 heteroatoms. The summed E-state index contributed by atoms with van der Waals surface area (Å²) < 4.78 is 1.92. The van der Waals surface area contributed by atoms with E-state index in [1.165, 1.54) is 5.56 Å². The molecule has 0 unspecified atom stereocenters. The molecule has 1 aromatic heterocycles. The quantitative estimate of drug-likeness (QED) is 0.551. The zero-order valence-electron chi connectivity index (χ0n) is 11.9. The highest BCUT2D eigenvalue weighted by Gasteiger charge is 2.16. The van der Waals surface area contributed by atoms with Crippen molar-refractivity contribution in [3.8, 4) is 5.69 Å². The summed E-state index contributed by atoms with van der Waals surface area (Å²) in [5, 5.41) is 5.46. The summed E-state index contributed by atoms with van der Waals surface area (Å²) in [5.74, 6) is 0.888. The Balaban J connectivity index is 0.00000176. The van der Waals surface area contributed by atoms with Gasteiger partial charge < -0.3 is 18.1 Å². The van der Waals surface area contributed by atoms with E-state index in [1.54, 1.807) is 18.0 Å². The average molecular weight is 330 g/mol. The molecule has 0 amide bonds. The molecule has 0 radical (unpaired) electrons. The molecule has 3 aromatic rings. The Bertz CT molecular complexity index is 720. The minimum atomic E-state index is 0. The minimum Gasteiger partial charge on any atom is -1.00 e. The summed E-state index contributed by atoms with van der Waals surface area (Å²) >= 11 is 1.73. The van der Waals surface area contributed by atoms with Crippen LogP contribution in [-0.4, -0.2) is 5.10 Å². The second-order valence-corrected chi connectivity index (χ2v) is 5.64. The monoisotopic (exact) mass is 329 g/mol. The summed E-state index contributed by atoms with van der Waals surface area (Å²) in [7, 11) is 0. The van der Waals surface area contributed by atoms with Crippen LogP contribution < -0.4 is 22.8 Å². The van der Waals surface area contributed by atoms with E-state index < -0.39 is 0 Å². The van der Waals surface area contributed by atoms with Gasteiger partial charge in [0.2, 0.25) is 5.69 Å². The van der Waals surface area contributed by atoms with Crippen LogP contribution in [0, 0.1) is 0 Å². The van der Waals surface area contributed by atoms with Gasteiger partial charge in [-0.05, 0) is 22.0 Å². The molecule has 0 spiro atoms. The predicted molar refractivity (Wildman–Crippen MR) is 86.2 cm³/mol. The lowest BCUT2D eigenvalue weighted by Crippen LogP contribution is -3.00. The van der Waals surface area contributed by atoms with Crippen molar-refractivity contribution in [1.82, 2.24) is 5.10 Å². The van der Waals surface area contributed by atoms with Crippen LogP contribution in [0.3, 0.4) is 0 Å². The van der Waals surface area contributed by atoms with E-state index >= 15 is 0 Å². The molecule has 2 aromatic carbocycles. The van der Waals surface area contributed by atoms with E-state index in [-0.39, 0.29) is 12.4 Å². The van der Waals surface area contributed by atoms with Crippen LogP contribution in [0.15, 0.2) is 78.0 Å². The van der Waals surface area contributed by atoms with Crippen LogP contribution >= 0.6 is 11.8 Å². The summed E-state index contributed by atoms with van der Waals surface area (Å²) in [4.78, 5) is 0. The van der Waals surface area contributed by atoms with Crippen LogP contribution in [0.1, 0.15) is 5.56 Å². The van der Waals surface area contributed by atoms with Gasteiger partial charge in [0.25, 0.3) is 5.03 Å². The third-order valence-corrected chi connectivity index (χ3v) is 4.12. The van der Waals surface area contributed by atoms with Crippen LogP contribution in [0.4, 0.5) is 5.69 Å². The van der Waals surface area contributed by atoms with Crippen LogP contribution in [0.5, 0.6) is 0 Å². The molecule has 0 bridgehead atoms. The molecule has 0 atom stereocenters. The molecule has 3 rings (SSSR count). The van der Waals surface area contributed by atoms with Crippen molar-refractivity contribution in [2.45, 2.75) is 10.8 Å². The largest absolute Gasteiger partial charge is 1.00 e. The molecule has 22 heavy (non-hydrogen) atoms. The predicted octanol–water partition coefficient (Wildman–Crippen LogP) is 0.237. The Labute approximate surface area is 140 Å². The standard InChI is InChI=1S/C17H15N3S.ClH/c18-15-11-17(21-13-14-7-3-1-4-8-14)20(19-12-15)16-9-5-2-6-10-16;/h1-12,18H,13H2;1H. The van der Waals surface area contributed by atoms with Gasteiger partial charge in [0.15, 0.2) is 0 Å². The maximum absolute atomic E-state index is 5.89. The molecule has 0 saturated heterocycles. The number of benzene rings is 2. The zero-order chi connectivity index (χ0) is 14.5. The Morgan fingerprint density at radius 2 is 1.59 bits per heavy atom. The van der Waals surface area contributed by atoms with Gasteiger partial charge in [0.05, 0.1) is 5.69 Å². The highest BCUT2D eigenvalue weighted by molar-refractivity contribution is 7.98. The number of hydrogen-bond donors (Lipinski definition) is 1. The Hall–Kier alpha value is -2.04. The van der Waals surface area contributed by atoms with Crippen LogP contribution in [0.2, 0.25) is 0 Å². The molecule has 0 aliphatic rings. The van der Waals surface area contributed by atoms with E-state index in [0.717, 1.165) is 16.5 Å². The van der Waals surface area contributed by atoms with Crippen molar-refractivity contribution in [1.29, 1.82) is 0 Å². The van der Waals surface area contributed by atoms with Gasteiger partial charge in [-0.1, -0.05) is 48.5 Å². The summed E-state index contributed by atoms with van der Waals surface area (Å²) in [5.41, 5.74) is 8.88. The first-order valence-electron chi connectivity index (χ1n) is 6.73. The lowest BCUT2D eigenvalue weighted by atomic mass is 10.2. The number of thioether (sulfide) groups is 1. The van der Waals surface area contributed by atoms with Gasteiger partial charge >= 0.3 is 0 Å². The first kappa shape index (κ1) is 16.3. The Kier molecular flexibility index (Phi) is 5.81. The van der Waals surface area contributed by atoms with Gasteiger partial charge in [0.1, 0.15) is 6.20 Å². The van der Waals surface area contributed by atoms with Gasteiger partial charge in [-0.2, -0.15) is 0 Å². The molecule has 0 saturated carbocycles. The molecule has 3 nitrogen and oxygen atoms in total. The van der Waals surface area contributed by atoms with Crippen molar-refractivity contribution < 1.29 is 17.1 Å². The van der Waals surface area contributed by atoms with Crippen molar-refractivity contribution >= 4 is 17.4 Å². The normalized spacial score (nSPS) is 10.0. The first-order chi connectivity index (χ1) is 10.3. The number of hydrogen-bond acceptors (Lipinski definition) is 3. The number of rotatable bonds is 4. The molecule has 1 heterocycles. The van der Waals surface area contributed by atoms with E-state index in [4.69, 9.17) is 5.73 Å². The van der Waals surface area contributed by atoms with E-state index in [1.807, 2.05) is 47.1 Å². The molecule has 112 valence electrons. The highest BCUT2D eigenvalue weighted by Crippen LogP contribution is 2.21. The summed E-state index contributed by atoms with van der Waals surface area (Å²) in [6.07, 6.45) is 1.68. The second-order valence-electron chi connectivity index (χ2n) is 4.65. The fraction of sp³-hybridized carbons (Fsp3) is 0.0588. The average Bonchev–Trinajstić information content (AvgIpc) is 2.55. The van der Waals surface area contributed by atoms with E-state index in [9.17, 15) is 0 Å². The van der Waals surface area contributed by atoms with Gasteiger partial charge in [-0.3, -0.25) is 0 Å². The Morgan fingerprint density at radius 1 is 0.955 bits per heavy atom. The number of anilines is 1. The molecule has 0 aliphatic carbocycles. The van der Waals surface area contributed by atoms with Crippen molar-refractivity contribution in [2.75, 3.05) is 5.73 Å². The smallest absolute Gasteiger partial charge is 0.275 e. The van der Waals surface area contributed by atoms with Crippen molar-refractivity contribution in [2.24, 2.45) is 0 Å². The molecule has 2 N–H and O–H groups in total. The summed E-state index contributed by atoms with van der Waals surface area (Å²) in [6.45, 7) is 0. The van der Waals surface area contributed by atoms with Gasteiger partial charge in [-0.15, -0.1) is 0 Å². The molecular formula is C17H16ClN3S. The third-order valence-electron chi connectivity index (χ3n) is 3.05. The number of nitrogens with zero attached hydrogens (tertiary/aromatic N) is 2. The van der Waals surface area contributed by atoms with E-state index in [0.29, 0.717) is 5.69 Å². The maximum Gasteiger partial charge on any atom is 0.275 e. The highest BCUT2D eigenvalue weighted by atomic mass is 35.5. The van der Waals surface area contributed by atoms with Crippen LogP contribution in [-0.2, 0) is 5.75 Å². The summed E-state index contributed by atoms with van der Waals surface area (Å²) in [6, 6.07) is 22.4. The van der Waals surface area contributed by atoms with Crippen LogP contribution in [0.25, 0.3) is 5.69 Å². The number of para-hydroxylation sites is 1. The minimum absolute atomic E-state index is 0. The van der Waals surface area contributed by atoms with Gasteiger partial charge in [0, 0.05) is 29.1 Å². The topological polar surface area (TPSA) is 42.8 Å². The van der Waals surface area contributed by atoms with Gasteiger partial charge in [-0.25, -0.2) is 0 Å². The zero-order valence-corrected chi connectivity index (χ0v) is 13.5. The number of aromatic nitrogens is 2. The molecule has 0 aliphatic heterocycles. The number of halogens is 1. The first-order valence-corrected chi connectivity index (χ1v) is 7.71. The van der Waals surface area contributed by atoms with E-state index in [2.05, 4.69) is 29.4 Å². The Morgan fingerprint density at radius 3 is 2.27 bits per heavy atom. The third kappa shape index (κ3) is 4.00.